The molecule has 3 nitrogen and oxygen atoms in total. The van der Waals surface area contributed by atoms with E-state index in [2.05, 4.69) is 4.90 Å². The lowest BCUT2D eigenvalue weighted by atomic mass is 10.00. The van der Waals surface area contributed by atoms with Crippen LogP contribution in [0.1, 0.15) is 19.8 Å². The molecule has 2 aliphatic rings. The van der Waals surface area contributed by atoms with Crippen molar-refractivity contribution in [2.45, 2.75) is 19.8 Å². The number of nitrogens with zero attached hydrogens (tertiary/aromatic N) is 2. The number of hydrogen-bond donors (Lipinski definition) is 0. The molecular weight excluding hydrogens is 164 g/mol. The Balaban J connectivity index is 1.66. The van der Waals surface area contributed by atoms with Crippen LogP contribution < -0.4 is 0 Å². The molecule has 74 valence electrons. The number of amides is 1. The van der Waals surface area contributed by atoms with Gasteiger partial charge in [0.2, 0.25) is 5.91 Å². The molecule has 1 amide bonds. The maximum absolute atomic E-state index is 10.9. The first-order chi connectivity index (χ1) is 6.25. The van der Waals surface area contributed by atoms with Crippen molar-refractivity contribution in [2.24, 2.45) is 5.92 Å². The van der Waals surface area contributed by atoms with Gasteiger partial charge in [-0.05, 0) is 25.9 Å². The molecular formula is C10H18N2O. The highest BCUT2D eigenvalue weighted by molar-refractivity contribution is 5.74. The average molecular weight is 182 g/mol. The minimum Gasteiger partial charge on any atom is -0.342 e. The minimum absolute atomic E-state index is 0.234. The predicted octanol–water partition coefficient (Wildman–Crippen LogP) is 0.560. The molecule has 2 aliphatic heterocycles. The molecule has 0 bridgehead atoms. The molecule has 2 rings (SSSR count). The van der Waals surface area contributed by atoms with E-state index in [1.54, 1.807) is 6.92 Å². The molecule has 0 radical (unpaired) electrons. The summed E-state index contributed by atoms with van der Waals surface area (Å²) in [5, 5.41) is 0. The van der Waals surface area contributed by atoms with Crippen molar-refractivity contribution < 1.29 is 4.79 Å². The Hall–Kier alpha value is -0.570. The fourth-order valence-corrected chi connectivity index (χ4v) is 2.27. The van der Waals surface area contributed by atoms with E-state index >= 15 is 0 Å². The number of likely N-dealkylation sites (tertiary alicyclic amines) is 2. The standard InChI is InChI=1S/C10H18N2O/c1-9(13)12-7-10(8-12)6-11-4-2-3-5-11/h10H,2-8H2,1H3. The number of rotatable bonds is 2. The molecule has 0 unspecified atom stereocenters. The number of carbonyl (C=O) groups excluding carboxylic acids is 1. The van der Waals surface area contributed by atoms with E-state index in [0.717, 1.165) is 19.0 Å². The maximum Gasteiger partial charge on any atom is 0.219 e. The van der Waals surface area contributed by atoms with Crippen LogP contribution in [0.15, 0.2) is 0 Å². The Kier molecular flexibility index (Phi) is 2.54. The lowest BCUT2D eigenvalue weighted by Crippen LogP contribution is -2.52. The van der Waals surface area contributed by atoms with Crippen LogP contribution in [0.25, 0.3) is 0 Å². The van der Waals surface area contributed by atoms with E-state index in [9.17, 15) is 4.79 Å². The lowest BCUT2D eigenvalue weighted by molar-refractivity contribution is -0.135. The van der Waals surface area contributed by atoms with Crippen molar-refractivity contribution in [1.29, 1.82) is 0 Å². The number of carbonyl (C=O) groups is 1. The van der Waals surface area contributed by atoms with Gasteiger partial charge >= 0.3 is 0 Å². The second-order valence-electron chi connectivity index (χ2n) is 4.30. The van der Waals surface area contributed by atoms with Gasteiger partial charge in [-0.2, -0.15) is 0 Å². The first-order valence-electron chi connectivity index (χ1n) is 5.23. The summed E-state index contributed by atoms with van der Waals surface area (Å²) in [4.78, 5) is 15.4. The SMILES string of the molecule is CC(=O)N1CC(CN2CCCC2)C1. The zero-order chi connectivity index (χ0) is 9.26. The van der Waals surface area contributed by atoms with Crippen LogP contribution in [0, 0.1) is 5.92 Å². The van der Waals surface area contributed by atoms with E-state index < -0.39 is 0 Å². The molecule has 0 aliphatic carbocycles. The van der Waals surface area contributed by atoms with Crippen molar-refractivity contribution >= 4 is 5.91 Å². The molecule has 0 aromatic carbocycles. The summed E-state index contributed by atoms with van der Waals surface area (Å²) in [5.74, 6) is 0.986. The Morgan fingerprint density at radius 3 is 2.46 bits per heavy atom. The van der Waals surface area contributed by atoms with Gasteiger partial charge < -0.3 is 9.80 Å². The molecule has 0 spiro atoms. The quantitative estimate of drug-likeness (QED) is 0.623. The Bertz CT molecular complexity index is 193. The molecule has 0 aromatic rings. The summed E-state index contributed by atoms with van der Waals surface area (Å²) in [6.07, 6.45) is 2.73. The second kappa shape index (κ2) is 3.66. The summed E-state index contributed by atoms with van der Waals surface area (Å²) >= 11 is 0. The maximum atomic E-state index is 10.9. The van der Waals surface area contributed by atoms with Crippen molar-refractivity contribution in [3.8, 4) is 0 Å². The molecule has 0 aromatic heterocycles. The second-order valence-corrected chi connectivity index (χ2v) is 4.30. The summed E-state index contributed by atoms with van der Waals surface area (Å²) in [6.45, 7) is 7.40. The van der Waals surface area contributed by atoms with Crippen LogP contribution >= 0.6 is 0 Å². The van der Waals surface area contributed by atoms with E-state index in [1.165, 1.54) is 32.5 Å². The van der Waals surface area contributed by atoms with Gasteiger partial charge in [0.1, 0.15) is 0 Å². The highest BCUT2D eigenvalue weighted by atomic mass is 16.2. The average Bonchev–Trinajstić information content (AvgIpc) is 2.46. The largest absolute Gasteiger partial charge is 0.342 e. The van der Waals surface area contributed by atoms with Crippen molar-refractivity contribution in [2.75, 3.05) is 32.7 Å². The molecule has 0 saturated carbocycles. The van der Waals surface area contributed by atoms with E-state index in [-0.39, 0.29) is 5.91 Å². The highest BCUT2D eigenvalue weighted by Gasteiger charge is 2.30. The normalized spacial score (nSPS) is 24.8. The van der Waals surface area contributed by atoms with Crippen molar-refractivity contribution in [3.63, 3.8) is 0 Å². The Morgan fingerprint density at radius 2 is 1.92 bits per heavy atom. The van der Waals surface area contributed by atoms with Crippen LogP contribution in [0.2, 0.25) is 0 Å². The number of hydrogen-bond acceptors (Lipinski definition) is 2. The molecule has 2 heterocycles. The topological polar surface area (TPSA) is 23.6 Å². The zero-order valence-corrected chi connectivity index (χ0v) is 8.33. The molecule has 2 fully saturated rings. The van der Waals surface area contributed by atoms with E-state index in [0.29, 0.717) is 0 Å². The van der Waals surface area contributed by atoms with Crippen LogP contribution in [0.5, 0.6) is 0 Å². The van der Waals surface area contributed by atoms with E-state index in [1.807, 2.05) is 4.90 Å². The van der Waals surface area contributed by atoms with Crippen molar-refractivity contribution in [1.82, 2.24) is 9.80 Å². The summed E-state index contributed by atoms with van der Waals surface area (Å²) in [5.41, 5.74) is 0. The third kappa shape index (κ3) is 2.02. The molecule has 0 atom stereocenters. The van der Waals surface area contributed by atoms with Gasteiger partial charge in [-0.15, -0.1) is 0 Å². The Morgan fingerprint density at radius 1 is 1.31 bits per heavy atom. The van der Waals surface area contributed by atoms with Gasteiger partial charge in [-0.3, -0.25) is 4.79 Å². The van der Waals surface area contributed by atoms with Gasteiger partial charge in [0.05, 0.1) is 0 Å². The summed E-state index contributed by atoms with van der Waals surface area (Å²) < 4.78 is 0. The van der Waals surface area contributed by atoms with E-state index in [4.69, 9.17) is 0 Å². The summed E-state index contributed by atoms with van der Waals surface area (Å²) in [6, 6.07) is 0. The van der Waals surface area contributed by atoms with Crippen LogP contribution in [-0.2, 0) is 4.79 Å². The van der Waals surface area contributed by atoms with Crippen LogP contribution in [0.3, 0.4) is 0 Å². The Labute approximate surface area is 79.7 Å². The van der Waals surface area contributed by atoms with Crippen molar-refractivity contribution in [3.05, 3.63) is 0 Å². The van der Waals surface area contributed by atoms with Gasteiger partial charge in [-0.1, -0.05) is 0 Å². The fourth-order valence-electron chi connectivity index (χ4n) is 2.27. The minimum atomic E-state index is 0.234. The third-order valence-electron chi connectivity index (χ3n) is 3.12. The molecule has 2 saturated heterocycles. The molecule has 3 heteroatoms. The zero-order valence-electron chi connectivity index (χ0n) is 8.33. The van der Waals surface area contributed by atoms with Gasteiger partial charge in [0, 0.05) is 32.5 Å². The molecule has 0 N–H and O–H groups in total. The van der Waals surface area contributed by atoms with Gasteiger partial charge in [0.25, 0.3) is 0 Å². The fraction of sp³-hybridized carbons (Fsp3) is 0.900. The smallest absolute Gasteiger partial charge is 0.219 e. The first kappa shape index (κ1) is 9.00. The third-order valence-corrected chi connectivity index (χ3v) is 3.12. The highest BCUT2D eigenvalue weighted by Crippen LogP contribution is 2.19. The van der Waals surface area contributed by atoms with Crippen LogP contribution in [0.4, 0.5) is 0 Å². The molecule has 13 heavy (non-hydrogen) atoms. The van der Waals surface area contributed by atoms with Gasteiger partial charge in [0.15, 0.2) is 0 Å². The van der Waals surface area contributed by atoms with Gasteiger partial charge in [-0.25, -0.2) is 0 Å². The van der Waals surface area contributed by atoms with Crippen LogP contribution in [-0.4, -0.2) is 48.4 Å². The monoisotopic (exact) mass is 182 g/mol. The lowest BCUT2D eigenvalue weighted by Gasteiger charge is -2.40. The predicted molar refractivity (Wildman–Crippen MR) is 51.4 cm³/mol. The summed E-state index contributed by atoms with van der Waals surface area (Å²) in [7, 11) is 0. The first-order valence-corrected chi connectivity index (χ1v) is 5.23.